The molecule has 2 N–H and O–H groups in total. The number of hydrogen-bond donors (Lipinski definition) is 2. The number of nitrogens with one attached hydrogen (secondary N) is 1. The van der Waals surface area contributed by atoms with Crippen molar-refractivity contribution in [2.45, 2.75) is 26.3 Å². The van der Waals surface area contributed by atoms with E-state index in [9.17, 15) is 9.90 Å². The maximum atomic E-state index is 11.2. The highest BCUT2D eigenvalue weighted by Crippen LogP contribution is 2.08. The van der Waals surface area contributed by atoms with Gasteiger partial charge in [-0.05, 0) is 6.42 Å². The Morgan fingerprint density at radius 2 is 2.38 bits per heavy atom. The lowest BCUT2D eigenvalue weighted by Crippen LogP contribution is -2.15. The fourth-order valence-corrected chi connectivity index (χ4v) is 1.09. The zero-order valence-corrected chi connectivity index (χ0v) is 7.37. The minimum Gasteiger partial charge on any atom is -0.502 e. The van der Waals surface area contributed by atoms with Gasteiger partial charge in [0.25, 0.3) is 0 Å². The first-order chi connectivity index (χ1) is 6.20. The predicted octanol–water partition coefficient (Wildman–Crippen LogP) is 0.358. The SMILES string of the molecule is CCc1[nH]n(CCC#N)c(=O)c1O. The van der Waals surface area contributed by atoms with Crippen molar-refractivity contribution in [1.82, 2.24) is 9.78 Å². The Balaban J connectivity index is 2.98. The third-order valence-electron chi connectivity index (χ3n) is 1.80. The molecule has 0 spiro atoms. The number of nitrogens with zero attached hydrogens (tertiary/aromatic N) is 2. The molecule has 13 heavy (non-hydrogen) atoms. The van der Waals surface area contributed by atoms with Gasteiger partial charge in [-0.1, -0.05) is 6.92 Å². The highest BCUT2D eigenvalue weighted by molar-refractivity contribution is 5.22. The Labute approximate surface area is 75.2 Å². The first-order valence-corrected chi connectivity index (χ1v) is 4.08. The second-order valence-electron chi connectivity index (χ2n) is 2.66. The van der Waals surface area contributed by atoms with Crippen LogP contribution in [-0.2, 0) is 13.0 Å². The number of nitriles is 1. The minimum atomic E-state index is -0.452. The number of rotatable bonds is 3. The van der Waals surface area contributed by atoms with Crippen LogP contribution in [-0.4, -0.2) is 14.9 Å². The van der Waals surface area contributed by atoms with Gasteiger partial charge in [0.05, 0.1) is 24.7 Å². The fourth-order valence-electron chi connectivity index (χ4n) is 1.09. The number of aromatic amines is 1. The minimum absolute atomic E-state index is 0.236. The summed E-state index contributed by atoms with van der Waals surface area (Å²) in [7, 11) is 0. The highest BCUT2D eigenvalue weighted by Gasteiger charge is 2.10. The summed E-state index contributed by atoms with van der Waals surface area (Å²) in [6.07, 6.45) is 0.823. The van der Waals surface area contributed by atoms with Gasteiger partial charge in [-0.2, -0.15) is 5.26 Å². The van der Waals surface area contributed by atoms with Crippen molar-refractivity contribution in [1.29, 1.82) is 5.26 Å². The molecule has 0 aliphatic heterocycles. The predicted molar refractivity (Wildman–Crippen MR) is 46.3 cm³/mol. The van der Waals surface area contributed by atoms with Crippen LogP contribution < -0.4 is 5.56 Å². The monoisotopic (exact) mass is 181 g/mol. The van der Waals surface area contributed by atoms with Crippen LogP contribution >= 0.6 is 0 Å². The van der Waals surface area contributed by atoms with Crippen molar-refractivity contribution in [3.05, 3.63) is 16.0 Å². The molecule has 0 saturated carbocycles. The van der Waals surface area contributed by atoms with E-state index in [1.165, 1.54) is 4.68 Å². The van der Waals surface area contributed by atoms with E-state index in [0.717, 1.165) is 0 Å². The average Bonchev–Trinajstić information content (AvgIpc) is 2.41. The molecule has 0 fully saturated rings. The molecule has 0 bridgehead atoms. The van der Waals surface area contributed by atoms with Crippen molar-refractivity contribution in [3.63, 3.8) is 0 Å². The maximum absolute atomic E-state index is 11.2. The molecule has 5 nitrogen and oxygen atoms in total. The number of aromatic hydroxyl groups is 1. The molecule has 1 aromatic rings. The van der Waals surface area contributed by atoms with Crippen LogP contribution in [0, 0.1) is 11.3 Å². The molecule has 70 valence electrons. The van der Waals surface area contributed by atoms with E-state index in [1.54, 1.807) is 0 Å². The second kappa shape index (κ2) is 3.81. The molecule has 0 radical (unpaired) electrons. The zero-order valence-electron chi connectivity index (χ0n) is 7.37. The third-order valence-corrected chi connectivity index (χ3v) is 1.80. The van der Waals surface area contributed by atoms with Crippen LogP contribution in [0.4, 0.5) is 0 Å². The zero-order chi connectivity index (χ0) is 9.84. The molecule has 0 aromatic carbocycles. The van der Waals surface area contributed by atoms with Crippen molar-refractivity contribution < 1.29 is 5.11 Å². The molecular formula is C8H11N3O2. The normalized spacial score (nSPS) is 9.85. The van der Waals surface area contributed by atoms with Gasteiger partial charge in [-0.15, -0.1) is 0 Å². The first-order valence-electron chi connectivity index (χ1n) is 4.08. The van der Waals surface area contributed by atoms with Crippen LogP contribution in [0.5, 0.6) is 5.75 Å². The van der Waals surface area contributed by atoms with Crippen molar-refractivity contribution >= 4 is 0 Å². The summed E-state index contributed by atoms with van der Waals surface area (Å²) in [5.74, 6) is -0.236. The fraction of sp³-hybridized carbons (Fsp3) is 0.500. The van der Waals surface area contributed by atoms with Gasteiger partial charge in [0.2, 0.25) is 5.75 Å². The summed E-state index contributed by atoms with van der Waals surface area (Å²) in [6.45, 7) is 2.13. The lowest BCUT2D eigenvalue weighted by molar-refractivity contribution is 0.461. The molecule has 0 aliphatic rings. The third kappa shape index (κ3) is 1.72. The number of aryl methyl sites for hydroxylation is 2. The second-order valence-corrected chi connectivity index (χ2v) is 2.66. The summed E-state index contributed by atoms with van der Waals surface area (Å²) in [5, 5.41) is 20.3. The van der Waals surface area contributed by atoms with E-state index in [-0.39, 0.29) is 12.2 Å². The van der Waals surface area contributed by atoms with E-state index in [0.29, 0.717) is 18.7 Å². The Hall–Kier alpha value is -1.70. The van der Waals surface area contributed by atoms with E-state index in [1.807, 2.05) is 13.0 Å². The summed E-state index contributed by atoms with van der Waals surface area (Å²) in [4.78, 5) is 11.2. The van der Waals surface area contributed by atoms with Crippen molar-refractivity contribution in [2.24, 2.45) is 0 Å². The van der Waals surface area contributed by atoms with Gasteiger partial charge in [-0.25, -0.2) is 4.68 Å². The largest absolute Gasteiger partial charge is 0.502 e. The van der Waals surface area contributed by atoms with Crippen LogP contribution in [0.15, 0.2) is 4.79 Å². The molecule has 1 heterocycles. The summed E-state index contributed by atoms with van der Waals surface area (Å²) in [6, 6.07) is 1.93. The molecular weight excluding hydrogens is 170 g/mol. The van der Waals surface area contributed by atoms with Crippen molar-refractivity contribution in [2.75, 3.05) is 0 Å². The Morgan fingerprint density at radius 3 is 2.85 bits per heavy atom. The first kappa shape index (κ1) is 9.39. The van der Waals surface area contributed by atoms with Gasteiger partial charge in [0, 0.05) is 0 Å². The van der Waals surface area contributed by atoms with Gasteiger partial charge in [-0.3, -0.25) is 9.89 Å². The van der Waals surface area contributed by atoms with Crippen LogP contribution in [0.3, 0.4) is 0 Å². The van der Waals surface area contributed by atoms with Crippen LogP contribution in [0.25, 0.3) is 0 Å². The lowest BCUT2D eigenvalue weighted by Gasteiger charge is -1.94. The standard InChI is InChI=1S/C8H11N3O2/c1-2-6-7(12)8(13)11(10-6)5-3-4-9/h10,12H,2-3,5H2,1H3. The Morgan fingerprint density at radius 1 is 1.69 bits per heavy atom. The smallest absolute Gasteiger partial charge is 0.308 e. The lowest BCUT2D eigenvalue weighted by atomic mass is 10.3. The average molecular weight is 181 g/mol. The molecule has 0 amide bonds. The quantitative estimate of drug-likeness (QED) is 0.706. The van der Waals surface area contributed by atoms with Crippen LogP contribution in [0.2, 0.25) is 0 Å². The Kier molecular flexibility index (Phi) is 2.75. The topological polar surface area (TPSA) is 81.8 Å². The molecule has 0 aliphatic carbocycles. The molecule has 5 heteroatoms. The molecule has 1 aromatic heterocycles. The van der Waals surface area contributed by atoms with E-state index < -0.39 is 5.56 Å². The number of aromatic nitrogens is 2. The highest BCUT2D eigenvalue weighted by atomic mass is 16.3. The molecule has 0 unspecified atom stereocenters. The molecule has 0 saturated heterocycles. The summed E-state index contributed by atoms with van der Waals surface area (Å²) in [5.41, 5.74) is 0.0649. The number of hydrogen-bond acceptors (Lipinski definition) is 3. The van der Waals surface area contributed by atoms with Gasteiger partial charge in [0.1, 0.15) is 0 Å². The van der Waals surface area contributed by atoms with E-state index in [4.69, 9.17) is 5.26 Å². The molecule has 0 atom stereocenters. The summed E-state index contributed by atoms with van der Waals surface area (Å²) >= 11 is 0. The Bertz CT molecular complexity index is 383. The van der Waals surface area contributed by atoms with Gasteiger partial charge < -0.3 is 5.11 Å². The maximum Gasteiger partial charge on any atom is 0.308 e. The van der Waals surface area contributed by atoms with Crippen molar-refractivity contribution in [3.8, 4) is 11.8 Å². The number of H-pyrrole nitrogens is 1. The summed E-state index contributed by atoms with van der Waals surface area (Å²) < 4.78 is 1.25. The van der Waals surface area contributed by atoms with Gasteiger partial charge >= 0.3 is 5.56 Å². The van der Waals surface area contributed by atoms with E-state index in [2.05, 4.69) is 5.10 Å². The van der Waals surface area contributed by atoms with Gasteiger partial charge in [0.15, 0.2) is 0 Å². The van der Waals surface area contributed by atoms with E-state index >= 15 is 0 Å². The van der Waals surface area contributed by atoms with Crippen LogP contribution in [0.1, 0.15) is 19.0 Å². The molecule has 1 rings (SSSR count).